The highest BCUT2D eigenvalue weighted by Gasteiger charge is 2.15. The fourth-order valence-electron chi connectivity index (χ4n) is 0.947. The zero-order chi connectivity index (χ0) is 10.6. The summed E-state index contributed by atoms with van der Waals surface area (Å²) >= 11 is 4.85. The summed E-state index contributed by atoms with van der Waals surface area (Å²) in [7, 11) is 0. The van der Waals surface area contributed by atoms with Gasteiger partial charge in [0.2, 0.25) is 0 Å². The number of thiocarbonyl (C=S) groups is 1. The van der Waals surface area contributed by atoms with E-state index in [2.05, 4.69) is 5.92 Å². The molecule has 0 saturated carbocycles. The molecule has 0 amide bonds. The van der Waals surface area contributed by atoms with Gasteiger partial charge in [0.1, 0.15) is 11.4 Å². The van der Waals surface area contributed by atoms with E-state index in [1.165, 1.54) is 0 Å². The first-order valence-corrected chi connectivity index (χ1v) is 4.76. The van der Waals surface area contributed by atoms with E-state index >= 15 is 0 Å². The van der Waals surface area contributed by atoms with Gasteiger partial charge in [0.05, 0.1) is 0 Å². The van der Waals surface area contributed by atoms with Crippen molar-refractivity contribution in [3.05, 3.63) is 29.8 Å². The van der Waals surface area contributed by atoms with Crippen LogP contribution in [-0.4, -0.2) is 11.0 Å². The first-order chi connectivity index (χ1) is 6.57. The fraction of sp³-hybridized carbons (Fsp3) is 0.250. The van der Waals surface area contributed by atoms with E-state index < -0.39 is 5.60 Å². The van der Waals surface area contributed by atoms with E-state index in [0.29, 0.717) is 0 Å². The Kier molecular flexibility index (Phi) is 3.27. The molecule has 0 fully saturated rings. The van der Waals surface area contributed by atoms with Crippen molar-refractivity contribution in [2.75, 3.05) is 0 Å². The van der Waals surface area contributed by atoms with Crippen molar-refractivity contribution in [1.82, 2.24) is 0 Å². The molecule has 0 atom stereocenters. The Hall–Kier alpha value is -1.33. The second-order valence-electron chi connectivity index (χ2n) is 3.49. The summed E-state index contributed by atoms with van der Waals surface area (Å²) in [6.45, 7) is 3.82. The van der Waals surface area contributed by atoms with E-state index in [0.717, 1.165) is 11.3 Å². The third kappa shape index (κ3) is 2.86. The minimum absolute atomic E-state index is 0.424. The van der Waals surface area contributed by atoms with Crippen LogP contribution in [0.4, 0.5) is 0 Å². The summed E-state index contributed by atoms with van der Waals surface area (Å²) < 4.78 is 5.62. The molecule has 2 heteroatoms. The molecule has 1 aromatic carbocycles. The Morgan fingerprint density at radius 1 is 1.36 bits per heavy atom. The standard InChI is InChI=1S/C12H12OS/c1-4-10-5-7-11(8-6-10)13-12(2,3)9-14/h1,5-9H,2-3H3. The van der Waals surface area contributed by atoms with Crippen molar-refractivity contribution < 1.29 is 4.74 Å². The van der Waals surface area contributed by atoms with Gasteiger partial charge in [-0.05, 0) is 38.1 Å². The zero-order valence-electron chi connectivity index (χ0n) is 8.28. The fourth-order valence-corrected chi connectivity index (χ4v) is 0.995. The Morgan fingerprint density at radius 3 is 2.36 bits per heavy atom. The molecule has 0 bridgehead atoms. The van der Waals surface area contributed by atoms with Crippen LogP contribution in [-0.2, 0) is 0 Å². The molecular weight excluding hydrogens is 192 g/mol. The molecule has 14 heavy (non-hydrogen) atoms. The molecule has 0 saturated heterocycles. The third-order valence-electron chi connectivity index (χ3n) is 1.69. The molecule has 0 spiro atoms. The van der Waals surface area contributed by atoms with Crippen LogP contribution in [0.3, 0.4) is 0 Å². The minimum Gasteiger partial charge on any atom is -0.483 e. The van der Waals surface area contributed by atoms with Crippen LogP contribution in [0.2, 0.25) is 0 Å². The van der Waals surface area contributed by atoms with Crippen LogP contribution in [0.5, 0.6) is 5.75 Å². The van der Waals surface area contributed by atoms with Gasteiger partial charge in [0.25, 0.3) is 0 Å². The smallest absolute Gasteiger partial charge is 0.132 e. The van der Waals surface area contributed by atoms with E-state index in [1.807, 2.05) is 38.1 Å². The SMILES string of the molecule is C#Cc1ccc(OC(C)(C)C=S)cc1. The second-order valence-corrected chi connectivity index (χ2v) is 3.73. The lowest BCUT2D eigenvalue weighted by molar-refractivity contribution is 0.190. The van der Waals surface area contributed by atoms with Gasteiger partial charge in [0.15, 0.2) is 0 Å². The average molecular weight is 204 g/mol. The molecule has 0 unspecified atom stereocenters. The molecule has 1 nitrogen and oxygen atoms in total. The number of terminal acetylenes is 1. The summed E-state index contributed by atoms with van der Waals surface area (Å²) in [5, 5.41) is 1.60. The highest BCUT2D eigenvalue weighted by molar-refractivity contribution is 7.79. The lowest BCUT2D eigenvalue weighted by Crippen LogP contribution is -2.28. The molecule has 1 rings (SSSR count). The molecule has 0 aliphatic rings. The number of ether oxygens (including phenoxy) is 1. The Balaban J connectivity index is 2.80. The predicted molar refractivity (Wildman–Crippen MR) is 62.7 cm³/mol. The average Bonchev–Trinajstić information content (AvgIpc) is 2.19. The molecule has 0 heterocycles. The summed E-state index contributed by atoms with van der Waals surface area (Å²) in [5.74, 6) is 3.32. The maximum absolute atomic E-state index is 5.62. The Bertz CT molecular complexity index is 357. The topological polar surface area (TPSA) is 9.23 Å². The molecule has 0 aliphatic carbocycles. The molecule has 0 N–H and O–H groups in total. The molecule has 1 aromatic rings. The molecule has 0 aromatic heterocycles. The highest BCUT2D eigenvalue weighted by atomic mass is 32.1. The van der Waals surface area contributed by atoms with Gasteiger partial charge < -0.3 is 4.74 Å². The van der Waals surface area contributed by atoms with Gasteiger partial charge in [-0.2, -0.15) is 0 Å². The molecular formula is C12H12OS. The number of hydrogen-bond acceptors (Lipinski definition) is 2. The molecule has 0 radical (unpaired) electrons. The Morgan fingerprint density at radius 2 is 1.93 bits per heavy atom. The minimum atomic E-state index is -0.424. The number of benzene rings is 1. The first kappa shape index (κ1) is 10.7. The van der Waals surface area contributed by atoms with Crippen LogP contribution >= 0.6 is 12.2 Å². The number of hydrogen-bond donors (Lipinski definition) is 0. The van der Waals surface area contributed by atoms with Gasteiger partial charge in [0, 0.05) is 10.9 Å². The molecule has 72 valence electrons. The first-order valence-electron chi connectivity index (χ1n) is 4.29. The van der Waals surface area contributed by atoms with Crippen LogP contribution in [0.15, 0.2) is 24.3 Å². The van der Waals surface area contributed by atoms with E-state index in [9.17, 15) is 0 Å². The summed E-state index contributed by atoms with van der Waals surface area (Å²) in [6, 6.07) is 7.37. The van der Waals surface area contributed by atoms with Crippen LogP contribution in [0.1, 0.15) is 19.4 Å². The highest BCUT2D eigenvalue weighted by Crippen LogP contribution is 2.17. The summed E-state index contributed by atoms with van der Waals surface area (Å²) in [5.41, 5.74) is 0.421. The zero-order valence-corrected chi connectivity index (χ0v) is 9.10. The molecule has 0 aliphatic heterocycles. The Labute approximate surface area is 90.1 Å². The maximum Gasteiger partial charge on any atom is 0.132 e. The third-order valence-corrected chi connectivity index (χ3v) is 2.25. The quantitative estimate of drug-likeness (QED) is 0.553. The predicted octanol–water partition coefficient (Wildman–Crippen LogP) is 2.83. The van der Waals surface area contributed by atoms with Crippen molar-refractivity contribution in [2.45, 2.75) is 19.4 Å². The lowest BCUT2D eigenvalue weighted by Gasteiger charge is -2.21. The normalized spacial score (nSPS) is 10.4. The van der Waals surface area contributed by atoms with Crippen molar-refractivity contribution in [1.29, 1.82) is 0 Å². The van der Waals surface area contributed by atoms with Gasteiger partial charge in [-0.3, -0.25) is 0 Å². The van der Waals surface area contributed by atoms with Crippen LogP contribution < -0.4 is 4.74 Å². The van der Waals surface area contributed by atoms with Gasteiger partial charge in [-0.1, -0.05) is 18.1 Å². The largest absolute Gasteiger partial charge is 0.483 e. The van der Waals surface area contributed by atoms with Crippen LogP contribution in [0, 0.1) is 12.3 Å². The maximum atomic E-state index is 5.62. The van der Waals surface area contributed by atoms with Crippen molar-refractivity contribution >= 4 is 17.6 Å². The van der Waals surface area contributed by atoms with Gasteiger partial charge in [-0.15, -0.1) is 6.42 Å². The van der Waals surface area contributed by atoms with E-state index in [4.69, 9.17) is 23.4 Å². The number of rotatable bonds is 3. The second kappa shape index (κ2) is 4.26. The summed E-state index contributed by atoms with van der Waals surface area (Å²) in [4.78, 5) is 0. The van der Waals surface area contributed by atoms with Crippen molar-refractivity contribution in [3.63, 3.8) is 0 Å². The van der Waals surface area contributed by atoms with Gasteiger partial charge in [-0.25, -0.2) is 0 Å². The summed E-state index contributed by atoms with van der Waals surface area (Å²) in [6.07, 6.45) is 5.24. The lowest BCUT2D eigenvalue weighted by atomic mass is 10.2. The van der Waals surface area contributed by atoms with Crippen molar-refractivity contribution in [3.8, 4) is 18.1 Å². The van der Waals surface area contributed by atoms with E-state index in [-0.39, 0.29) is 0 Å². The monoisotopic (exact) mass is 204 g/mol. The van der Waals surface area contributed by atoms with Crippen LogP contribution in [0.25, 0.3) is 0 Å². The van der Waals surface area contributed by atoms with Crippen molar-refractivity contribution in [2.24, 2.45) is 0 Å². The van der Waals surface area contributed by atoms with Gasteiger partial charge >= 0.3 is 0 Å². The van der Waals surface area contributed by atoms with E-state index in [1.54, 1.807) is 5.37 Å².